The van der Waals surface area contributed by atoms with E-state index in [0.717, 1.165) is 17.5 Å². The zero-order valence-electron chi connectivity index (χ0n) is 12.7. The lowest BCUT2D eigenvalue weighted by Gasteiger charge is -2.17. The SMILES string of the molecule is Cc1ccc(C)c(NC(=O)C(=O)N2CCC(C(C)O)C2)c1. The minimum absolute atomic E-state index is 0.0578. The fourth-order valence-corrected chi connectivity index (χ4v) is 2.56. The maximum absolute atomic E-state index is 12.1. The van der Waals surface area contributed by atoms with Crippen molar-refractivity contribution in [1.82, 2.24) is 4.90 Å². The van der Waals surface area contributed by atoms with Crippen LogP contribution in [0.3, 0.4) is 0 Å². The van der Waals surface area contributed by atoms with Crippen LogP contribution in [-0.2, 0) is 9.59 Å². The number of carbonyl (C=O) groups is 2. The predicted octanol–water partition coefficient (Wildman–Crippen LogP) is 1.47. The first kappa shape index (κ1) is 15.5. The average Bonchev–Trinajstić information content (AvgIpc) is 2.91. The highest BCUT2D eigenvalue weighted by atomic mass is 16.3. The summed E-state index contributed by atoms with van der Waals surface area (Å²) in [7, 11) is 0. The van der Waals surface area contributed by atoms with Gasteiger partial charge in [-0.2, -0.15) is 0 Å². The van der Waals surface area contributed by atoms with Crippen LogP contribution in [-0.4, -0.2) is 41.0 Å². The lowest BCUT2D eigenvalue weighted by Crippen LogP contribution is -2.39. The molecular formula is C16H22N2O3. The second kappa shape index (κ2) is 6.26. The van der Waals surface area contributed by atoms with E-state index in [9.17, 15) is 14.7 Å². The molecule has 0 saturated carbocycles. The molecule has 1 saturated heterocycles. The minimum atomic E-state index is -0.616. The summed E-state index contributed by atoms with van der Waals surface area (Å²) in [5, 5.41) is 12.2. The van der Waals surface area contributed by atoms with Crippen molar-refractivity contribution < 1.29 is 14.7 Å². The van der Waals surface area contributed by atoms with Crippen molar-refractivity contribution in [3.63, 3.8) is 0 Å². The number of aliphatic hydroxyl groups is 1. The number of aliphatic hydroxyl groups excluding tert-OH is 1. The van der Waals surface area contributed by atoms with Gasteiger partial charge < -0.3 is 15.3 Å². The van der Waals surface area contributed by atoms with Crippen LogP contribution in [0, 0.1) is 19.8 Å². The summed E-state index contributed by atoms with van der Waals surface area (Å²) in [6, 6.07) is 5.72. The largest absolute Gasteiger partial charge is 0.393 e. The van der Waals surface area contributed by atoms with Crippen molar-refractivity contribution in [2.75, 3.05) is 18.4 Å². The van der Waals surface area contributed by atoms with E-state index >= 15 is 0 Å². The lowest BCUT2D eigenvalue weighted by atomic mass is 10.0. The Morgan fingerprint density at radius 3 is 2.71 bits per heavy atom. The summed E-state index contributed by atoms with van der Waals surface area (Å²) in [6.07, 6.45) is 0.282. The Labute approximate surface area is 125 Å². The van der Waals surface area contributed by atoms with Gasteiger partial charge in [0.2, 0.25) is 0 Å². The first-order valence-corrected chi connectivity index (χ1v) is 7.24. The first-order valence-electron chi connectivity index (χ1n) is 7.24. The minimum Gasteiger partial charge on any atom is -0.393 e. The van der Waals surface area contributed by atoms with E-state index in [-0.39, 0.29) is 5.92 Å². The number of anilines is 1. The molecule has 0 spiro atoms. The van der Waals surface area contributed by atoms with E-state index in [4.69, 9.17) is 0 Å². The van der Waals surface area contributed by atoms with Crippen molar-refractivity contribution in [2.24, 2.45) is 5.92 Å². The number of benzene rings is 1. The lowest BCUT2D eigenvalue weighted by molar-refractivity contribution is -0.142. The van der Waals surface area contributed by atoms with E-state index in [1.54, 1.807) is 6.92 Å². The van der Waals surface area contributed by atoms with Crippen LogP contribution in [0.15, 0.2) is 18.2 Å². The summed E-state index contributed by atoms with van der Waals surface area (Å²) >= 11 is 0. The van der Waals surface area contributed by atoms with Crippen LogP contribution in [0.2, 0.25) is 0 Å². The third kappa shape index (κ3) is 3.61. The molecule has 2 N–H and O–H groups in total. The zero-order valence-corrected chi connectivity index (χ0v) is 12.7. The summed E-state index contributed by atoms with van der Waals surface area (Å²) in [4.78, 5) is 25.7. The van der Waals surface area contributed by atoms with Crippen molar-refractivity contribution in [3.8, 4) is 0 Å². The van der Waals surface area contributed by atoms with Gasteiger partial charge in [0.25, 0.3) is 0 Å². The first-order chi connectivity index (χ1) is 9.88. The summed E-state index contributed by atoms with van der Waals surface area (Å²) in [6.45, 7) is 6.50. The van der Waals surface area contributed by atoms with Crippen LogP contribution in [0.1, 0.15) is 24.5 Å². The Bertz CT molecular complexity index is 554. The Morgan fingerprint density at radius 2 is 2.10 bits per heavy atom. The fourth-order valence-electron chi connectivity index (χ4n) is 2.56. The predicted molar refractivity (Wildman–Crippen MR) is 80.9 cm³/mol. The number of carbonyl (C=O) groups excluding carboxylic acids is 2. The number of amides is 2. The van der Waals surface area contributed by atoms with Gasteiger partial charge in [0.05, 0.1) is 6.10 Å². The average molecular weight is 290 g/mol. The molecule has 1 heterocycles. The fraction of sp³-hybridized carbons (Fsp3) is 0.500. The quantitative estimate of drug-likeness (QED) is 0.810. The highest BCUT2D eigenvalue weighted by molar-refractivity contribution is 6.39. The topological polar surface area (TPSA) is 69.6 Å². The van der Waals surface area contributed by atoms with Crippen LogP contribution < -0.4 is 5.32 Å². The highest BCUT2D eigenvalue weighted by Gasteiger charge is 2.32. The van der Waals surface area contributed by atoms with Gasteiger partial charge in [-0.3, -0.25) is 9.59 Å². The van der Waals surface area contributed by atoms with Crippen molar-refractivity contribution >= 4 is 17.5 Å². The van der Waals surface area contributed by atoms with Gasteiger partial charge in [-0.15, -0.1) is 0 Å². The monoisotopic (exact) mass is 290 g/mol. The molecule has 1 fully saturated rings. The van der Waals surface area contributed by atoms with E-state index in [2.05, 4.69) is 5.32 Å². The zero-order chi connectivity index (χ0) is 15.6. The van der Waals surface area contributed by atoms with Gasteiger partial charge in [0, 0.05) is 24.7 Å². The summed E-state index contributed by atoms with van der Waals surface area (Å²) < 4.78 is 0. The third-order valence-electron chi connectivity index (χ3n) is 4.03. The molecule has 0 bridgehead atoms. The van der Waals surface area contributed by atoms with Crippen molar-refractivity contribution in [3.05, 3.63) is 29.3 Å². The number of hydrogen-bond donors (Lipinski definition) is 2. The molecule has 21 heavy (non-hydrogen) atoms. The maximum atomic E-state index is 12.1. The Hall–Kier alpha value is -1.88. The molecule has 0 radical (unpaired) electrons. The molecule has 1 aromatic carbocycles. The van der Waals surface area contributed by atoms with E-state index < -0.39 is 17.9 Å². The van der Waals surface area contributed by atoms with E-state index in [1.165, 1.54) is 4.90 Å². The molecule has 2 unspecified atom stereocenters. The van der Waals surface area contributed by atoms with E-state index in [0.29, 0.717) is 18.8 Å². The molecule has 1 aliphatic heterocycles. The third-order valence-corrected chi connectivity index (χ3v) is 4.03. The molecule has 2 atom stereocenters. The molecular weight excluding hydrogens is 268 g/mol. The second-order valence-corrected chi connectivity index (χ2v) is 5.81. The van der Waals surface area contributed by atoms with Crippen molar-refractivity contribution in [1.29, 1.82) is 0 Å². The van der Waals surface area contributed by atoms with Crippen LogP contribution in [0.25, 0.3) is 0 Å². The van der Waals surface area contributed by atoms with Crippen LogP contribution >= 0.6 is 0 Å². The Kier molecular flexibility index (Phi) is 4.63. The van der Waals surface area contributed by atoms with Gasteiger partial charge >= 0.3 is 11.8 Å². The van der Waals surface area contributed by atoms with Crippen molar-refractivity contribution in [2.45, 2.75) is 33.3 Å². The number of nitrogens with one attached hydrogen (secondary N) is 1. The normalized spacial score (nSPS) is 19.4. The number of hydrogen-bond acceptors (Lipinski definition) is 3. The maximum Gasteiger partial charge on any atom is 0.313 e. The van der Waals surface area contributed by atoms with Crippen LogP contribution in [0.5, 0.6) is 0 Å². The van der Waals surface area contributed by atoms with E-state index in [1.807, 2.05) is 32.0 Å². The molecule has 0 aliphatic carbocycles. The highest BCUT2D eigenvalue weighted by Crippen LogP contribution is 2.21. The van der Waals surface area contributed by atoms with Gasteiger partial charge in [0.15, 0.2) is 0 Å². The van der Waals surface area contributed by atoms with Crippen LogP contribution in [0.4, 0.5) is 5.69 Å². The molecule has 1 aliphatic rings. The molecule has 0 aromatic heterocycles. The van der Waals surface area contributed by atoms with Gasteiger partial charge in [-0.05, 0) is 44.4 Å². The van der Waals surface area contributed by atoms with Gasteiger partial charge in [-0.25, -0.2) is 0 Å². The number of aryl methyl sites for hydroxylation is 2. The number of nitrogens with zero attached hydrogens (tertiary/aromatic N) is 1. The Balaban J connectivity index is 2.00. The summed E-state index contributed by atoms with van der Waals surface area (Å²) in [5.74, 6) is -1.09. The molecule has 5 heteroatoms. The van der Waals surface area contributed by atoms with Gasteiger partial charge in [0.1, 0.15) is 0 Å². The Morgan fingerprint density at radius 1 is 1.38 bits per heavy atom. The molecule has 114 valence electrons. The second-order valence-electron chi connectivity index (χ2n) is 5.81. The number of likely N-dealkylation sites (tertiary alicyclic amines) is 1. The van der Waals surface area contributed by atoms with Gasteiger partial charge in [-0.1, -0.05) is 12.1 Å². The molecule has 5 nitrogen and oxygen atoms in total. The molecule has 1 aromatic rings. The smallest absolute Gasteiger partial charge is 0.313 e. The standard InChI is InChI=1S/C16H22N2O3/c1-10-4-5-11(2)14(8-10)17-15(20)16(21)18-7-6-13(9-18)12(3)19/h4-5,8,12-13,19H,6-7,9H2,1-3H3,(H,17,20). The summed E-state index contributed by atoms with van der Waals surface area (Å²) in [5.41, 5.74) is 2.61. The number of rotatable bonds is 2. The molecule has 2 rings (SSSR count). The molecule has 2 amide bonds.